The largest absolute Gasteiger partial charge is 0.399 e. The average Bonchev–Trinajstić information content (AvgIpc) is 3.07. The van der Waals surface area contributed by atoms with E-state index in [1.807, 2.05) is 12.1 Å². The van der Waals surface area contributed by atoms with Crippen molar-refractivity contribution in [2.75, 3.05) is 17.6 Å². The summed E-state index contributed by atoms with van der Waals surface area (Å²) in [5, 5.41) is 2.76. The van der Waals surface area contributed by atoms with E-state index in [4.69, 9.17) is 5.73 Å². The quantitative estimate of drug-likeness (QED) is 0.567. The molecule has 1 aromatic carbocycles. The molecule has 2 aliphatic rings. The summed E-state index contributed by atoms with van der Waals surface area (Å²) in [7, 11) is 0. The second-order valence-corrected chi connectivity index (χ2v) is 6.14. The number of amides is 2. The van der Waals surface area contributed by atoms with Gasteiger partial charge >= 0.3 is 0 Å². The fraction of sp³-hybridized carbons (Fsp3) is 0.211. The molecule has 0 saturated carbocycles. The summed E-state index contributed by atoms with van der Waals surface area (Å²) in [5.74, 6) is 5.97. The van der Waals surface area contributed by atoms with E-state index in [0.717, 1.165) is 12.0 Å². The lowest BCUT2D eigenvalue weighted by Crippen LogP contribution is -2.40. The molecule has 1 saturated heterocycles. The van der Waals surface area contributed by atoms with E-state index in [0.29, 0.717) is 35.6 Å². The maximum Gasteiger partial charge on any atom is 0.258 e. The van der Waals surface area contributed by atoms with Gasteiger partial charge in [-0.2, -0.15) is 0 Å². The minimum Gasteiger partial charge on any atom is -0.399 e. The van der Waals surface area contributed by atoms with Crippen molar-refractivity contribution in [1.29, 1.82) is 0 Å². The zero-order chi connectivity index (χ0) is 17.4. The number of rotatable bonds is 0. The Morgan fingerprint density at radius 1 is 1.20 bits per heavy atom. The number of carbonyl (C=O) groups is 2. The molecule has 0 unspecified atom stereocenters. The van der Waals surface area contributed by atoms with E-state index in [1.54, 1.807) is 29.3 Å². The molecule has 6 heteroatoms. The van der Waals surface area contributed by atoms with E-state index < -0.39 is 6.04 Å². The molecule has 6 nitrogen and oxygen atoms in total. The van der Waals surface area contributed by atoms with Crippen LogP contribution in [-0.4, -0.2) is 34.3 Å². The third-order valence-corrected chi connectivity index (χ3v) is 4.41. The number of carbonyl (C=O) groups excluding carboxylic acids is 2. The van der Waals surface area contributed by atoms with Gasteiger partial charge in [0.05, 0.1) is 5.56 Å². The number of nitrogen functional groups attached to an aromatic ring is 1. The number of nitrogens with two attached hydrogens (primary N) is 1. The van der Waals surface area contributed by atoms with Crippen LogP contribution in [0.4, 0.5) is 11.5 Å². The van der Waals surface area contributed by atoms with Crippen LogP contribution in [-0.2, 0) is 4.79 Å². The van der Waals surface area contributed by atoms with Crippen LogP contribution < -0.4 is 11.1 Å². The number of hydrogen-bond acceptors (Lipinski definition) is 4. The number of aromatic nitrogens is 1. The first-order valence-corrected chi connectivity index (χ1v) is 8.11. The molecule has 0 spiro atoms. The highest BCUT2D eigenvalue weighted by Crippen LogP contribution is 2.27. The molecule has 0 aliphatic carbocycles. The molecule has 1 fully saturated rings. The molecule has 2 amide bonds. The first-order chi connectivity index (χ1) is 12.1. The molecule has 4 rings (SSSR count). The standard InChI is InChI=1S/C19H16N4O2/c20-14-4-1-3-12(9-14)6-7-13-10-15-17(21-11-13)22-18(24)16-5-2-8-23(16)19(15)25/h1,3-4,9-11,16H,2,5,8,20H2,(H,21,22,24)/t16-/m0/s1. The van der Waals surface area contributed by atoms with Gasteiger partial charge in [-0.3, -0.25) is 9.59 Å². The first-order valence-electron chi connectivity index (χ1n) is 8.11. The number of hydrogen-bond donors (Lipinski definition) is 2. The first kappa shape index (κ1) is 15.2. The van der Waals surface area contributed by atoms with E-state index in [9.17, 15) is 9.59 Å². The zero-order valence-corrected chi connectivity index (χ0v) is 13.5. The molecule has 3 heterocycles. The van der Waals surface area contributed by atoms with E-state index in [1.165, 1.54) is 0 Å². The summed E-state index contributed by atoms with van der Waals surface area (Å²) in [6.45, 7) is 0.593. The fourth-order valence-electron chi connectivity index (χ4n) is 3.19. The van der Waals surface area contributed by atoms with Crippen molar-refractivity contribution in [3.63, 3.8) is 0 Å². The molecular formula is C19H16N4O2. The van der Waals surface area contributed by atoms with Crippen molar-refractivity contribution < 1.29 is 9.59 Å². The lowest BCUT2D eigenvalue weighted by Gasteiger charge is -2.19. The molecule has 25 heavy (non-hydrogen) atoms. The number of nitrogens with one attached hydrogen (secondary N) is 1. The van der Waals surface area contributed by atoms with Crippen LogP contribution in [0.5, 0.6) is 0 Å². The van der Waals surface area contributed by atoms with Crippen LogP contribution in [0.25, 0.3) is 0 Å². The van der Waals surface area contributed by atoms with Crippen LogP contribution >= 0.6 is 0 Å². The van der Waals surface area contributed by atoms with Gasteiger partial charge < -0.3 is 16.0 Å². The zero-order valence-electron chi connectivity index (χ0n) is 13.5. The monoisotopic (exact) mass is 332 g/mol. The summed E-state index contributed by atoms with van der Waals surface area (Å²) in [6.07, 6.45) is 3.08. The Kier molecular flexibility index (Phi) is 3.62. The van der Waals surface area contributed by atoms with Gasteiger partial charge in [-0.1, -0.05) is 17.9 Å². The Hall–Kier alpha value is -3.33. The van der Waals surface area contributed by atoms with E-state index in [-0.39, 0.29) is 11.8 Å². The molecule has 2 aliphatic heterocycles. The van der Waals surface area contributed by atoms with E-state index in [2.05, 4.69) is 22.1 Å². The van der Waals surface area contributed by atoms with Crippen molar-refractivity contribution >= 4 is 23.3 Å². The summed E-state index contributed by atoms with van der Waals surface area (Å²) in [5.41, 5.74) is 8.17. The Morgan fingerprint density at radius 2 is 2.04 bits per heavy atom. The molecule has 1 atom stereocenters. The third-order valence-electron chi connectivity index (χ3n) is 4.41. The van der Waals surface area contributed by atoms with Gasteiger partial charge in [0.25, 0.3) is 5.91 Å². The minimum absolute atomic E-state index is 0.170. The second-order valence-electron chi connectivity index (χ2n) is 6.14. The molecule has 3 N–H and O–H groups in total. The Morgan fingerprint density at radius 3 is 2.88 bits per heavy atom. The topological polar surface area (TPSA) is 88.3 Å². The number of nitrogens with zero attached hydrogens (tertiary/aromatic N) is 2. The van der Waals surface area contributed by atoms with Gasteiger partial charge in [0.2, 0.25) is 5.91 Å². The van der Waals surface area contributed by atoms with Crippen LogP contribution in [0.15, 0.2) is 36.5 Å². The van der Waals surface area contributed by atoms with Gasteiger partial charge in [0.15, 0.2) is 0 Å². The normalized spacial score (nSPS) is 18.6. The molecule has 124 valence electrons. The average molecular weight is 332 g/mol. The number of fused-ring (bicyclic) bond motifs is 2. The fourth-order valence-corrected chi connectivity index (χ4v) is 3.19. The van der Waals surface area contributed by atoms with Crippen molar-refractivity contribution in [3.8, 4) is 11.8 Å². The molecular weight excluding hydrogens is 316 g/mol. The van der Waals surface area contributed by atoms with Crippen LogP contribution in [0.1, 0.15) is 34.3 Å². The summed E-state index contributed by atoms with van der Waals surface area (Å²) in [4.78, 5) is 30.9. The SMILES string of the molecule is Nc1cccc(C#Cc2cnc3c(c2)C(=O)N2CCC[C@H]2C(=O)N3)c1. The highest BCUT2D eigenvalue weighted by molar-refractivity contribution is 6.09. The van der Waals surface area contributed by atoms with Crippen LogP contribution in [0.2, 0.25) is 0 Å². The number of benzene rings is 1. The van der Waals surface area contributed by atoms with Crippen molar-refractivity contribution in [1.82, 2.24) is 9.88 Å². The molecule has 1 aromatic heterocycles. The van der Waals surface area contributed by atoms with Gasteiger partial charge in [-0.15, -0.1) is 0 Å². The highest BCUT2D eigenvalue weighted by Gasteiger charge is 2.38. The Bertz CT molecular complexity index is 942. The Balaban J connectivity index is 1.70. The summed E-state index contributed by atoms with van der Waals surface area (Å²) < 4.78 is 0. The second kappa shape index (κ2) is 5.95. The number of anilines is 2. The Labute approximate surface area is 145 Å². The van der Waals surface area contributed by atoms with Crippen molar-refractivity contribution in [3.05, 3.63) is 53.2 Å². The minimum atomic E-state index is -0.400. The van der Waals surface area contributed by atoms with Crippen LogP contribution in [0, 0.1) is 11.8 Å². The molecule has 2 aromatic rings. The predicted molar refractivity (Wildman–Crippen MR) is 93.8 cm³/mol. The number of pyridine rings is 1. The lowest BCUT2D eigenvalue weighted by atomic mass is 10.1. The third kappa shape index (κ3) is 2.81. The van der Waals surface area contributed by atoms with Gasteiger partial charge in [-0.05, 0) is 37.1 Å². The summed E-state index contributed by atoms with van der Waals surface area (Å²) in [6, 6.07) is 8.56. The summed E-state index contributed by atoms with van der Waals surface area (Å²) >= 11 is 0. The maximum atomic E-state index is 12.8. The smallest absolute Gasteiger partial charge is 0.258 e. The predicted octanol–water partition coefficient (Wildman–Crippen LogP) is 1.62. The van der Waals surface area contributed by atoms with Gasteiger partial charge in [-0.25, -0.2) is 4.98 Å². The van der Waals surface area contributed by atoms with E-state index >= 15 is 0 Å². The highest BCUT2D eigenvalue weighted by atomic mass is 16.2. The van der Waals surface area contributed by atoms with Crippen molar-refractivity contribution in [2.24, 2.45) is 0 Å². The van der Waals surface area contributed by atoms with Gasteiger partial charge in [0, 0.05) is 29.6 Å². The molecule has 0 bridgehead atoms. The van der Waals surface area contributed by atoms with Gasteiger partial charge in [0.1, 0.15) is 11.9 Å². The lowest BCUT2D eigenvalue weighted by molar-refractivity contribution is -0.119. The van der Waals surface area contributed by atoms with Crippen LogP contribution in [0.3, 0.4) is 0 Å². The maximum absolute atomic E-state index is 12.8. The van der Waals surface area contributed by atoms with Crippen molar-refractivity contribution in [2.45, 2.75) is 18.9 Å². The molecule has 0 radical (unpaired) electrons.